The fourth-order valence-electron chi connectivity index (χ4n) is 1.24. The highest BCUT2D eigenvalue weighted by molar-refractivity contribution is 5.91. The van der Waals surface area contributed by atoms with Crippen molar-refractivity contribution in [1.82, 2.24) is 15.3 Å². The zero-order chi connectivity index (χ0) is 14.8. The third-order valence-electron chi connectivity index (χ3n) is 2.20. The number of hydrogen-bond acceptors (Lipinski definition) is 6. The van der Waals surface area contributed by atoms with Crippen LogP contribution < -0.4 is 10.1 Å². The van der Waals surface area contributed by atoms with Gasteiger partial charge in [-0.2, -0.15) is 0 Å². The molecule has 7 nitrogen and oxygen atoms in total. The summed E-state index contributed by atoms with van der Waals surface area (Å²) in [6.45, 7) is 2.57. The fourth-order valence-corrected chi connectivity index (χ4v) is 1.24. The third-order valence-corrected chi connectivity index (χ3v) is 2.20. The van der Waals surface area contributed by atoms with E-state index < -0.39 is 0 Å². The Kier molecular flexibility index (Phi) is 6.74. The Morgan fingerprint density at radius 2 is 2.05 bits per heavy atom. The third kappa shape index (κ3) is 5.94. The van der Waals surface area contributed by atoms with Gasteiger partial charge in [0.05, 0.1) is 20.1 Å². The van der Waals surface area contributed by atoms with Gasteiger partial charge in [0.2, 0.25) is 5.91 Å². The van der Waals surface area contributed by atoms with Gasteiger partial charge in [-0.25, -0.2) is 9.97 Å². The summed E-state index contributed by atoms with van der Waals surface area (Å²) in [5, 5.41) is 2.56. The Labute approximate surface area is 117 Å². The van der Waals surface area contributed by atoms with Gasteiger partial charge in [-0.15, -0.1) is 0 Å². The van der Waals surface area contributed by atoms with E-state index in [1.807, 2.05) is 6.92 Å². The van der Waals surface area contributed by atoms with Crippen LogP contribution in [-0.4, -0.2) is 42.1 Å². The van der Waals surface area contributed by atoms with Crippen LogP contribution in [0.4, 0.5) is 0 Å². The first kappa shape index (κ1) is 15.6. The average Bonchev–Trinajstić information content (AvgIpc) is 2.46. The second-order valence-corrected chi connectivity index (χ2v) is 3.68. The molecule has 0 unspecified atom stereocenters. The topological polar surface area (TPSA) is 90.4 Å². The molecule has 0 saturated carbocycles. The zero-order valence-electron chi connectivity index (χ0n) is 11.5. The lowest BCUT2D eigenvalue weighted by Gasteiger charge is -2.01. The van der Waals surface area contributed by atoms with Gasteiger partial charge < -0.3 is 14.8 Å². The number of hydrogen-bond donors (Lipinski definition) is 1. The lowest BCUT2D eigenvalue weighted by Crippen LogP contribution is -2.24. The summed E-state index contributed by atoms with van der Waals surface area (Å²) in [4.78, 5) is 30.2. The van der Waals surface area contributed by atoms with Crippen LogP contribution >= 0.6 is 0 Å². The van der Waals surface area contributed by atoms with Crippen molar-refractivity contribution in [2.75, 3.05) is 20.3 Å². The van der Waals surface area contributed by atoms with E-state index in [4.69, 9.17) is 4.74 Å². The maximum atomic E-state index is 11.4. The summed E-state index contributed by atoms with van der Waals surface area (Å²) in [7, 11) is 1.30. The van der Waals surface area contributed by atoms with Gasteiger partial charge in [-0.1, -0.05) is 0 Å². The standard InChI is InChI=1S/C13H17N3O4/c1-3-20-13-15-8-10(9-16-13)4-5-11(17)14-7-6-12(18)19-2/h4-5,8-9H,3,6-7H2,1-2H3,(H,14,17)/b5-4+. The first-order valence-corrected chi connectivity index (χ1v) is 6.13. The van der Waals surface area contributed by atoms with Crippen LogP contribution in [-0.2, 0) is 14.3 Å². The molecule has 1 aromatic heterocycles. The number of methoxy groups -OCH3 is 1. The molecule has 0 radical (unpaired) electrons. The van der Waals surface area contributed by atoms with Crippen LogP contribution in [0, 0.1) is 0 Å². The quantitative estimate of drug-likeness (QED) is 0.579. The molecule has 0 aliphatic carbocycles. The number of carbonyl (C=O) groups is 2. The van der Waals surface area contributed by atoms with Gasteiger partial charge in [0.1, 0.15) is 0 Å². The van der Waals surface area contributed by atoms with Gasteiger partial charge >= 0.3 is 12.0 Å². The summed E-state index contributed by atoms with van der Waals surface area (Å²) in [5.41, 5.74) is 0.677. The largest absolute Gasteiger partial charge is 0.469 e. The van der Waals surface area contributed by atoms with E-state index in [0.717, 1.165) is 0 Å². The molecule has 1 amide bonds. The normalized spacial score (nSPS) is 10.3. The van der Waals surface area contributed by atoms with Crippen LogP contribution in [0.2, 0.25) is 0 Å². The van der Waals surface area contributed by atoms with E-state index in [2.05, 4.69) is 20.0 Å². The number of aromatic nitrogens is 2. The molecule has 1 rings (SSSR count). The van der Waals surface area contributed by atoms with Crippen LogP contribution in [0.3, 0.4) is 0 Å². The van der Waals surface area contributed by atoms with Crippen molar-refractivity contribution >= 4 is 18.0 Å². The molecule has 0 atom stereocenters. The molecule has 0 spiro atoms. The first-order chi connectivity index (χ1) is 9.65. The van der Waals surface area contributed by atoms with E-state index in [9.17, 15) is 9.59 Å². The van der Waals surface area contributed by atoms with E-state index in [0.29, 0.717) is 18.2 Å². The number of rotatable bonds is 7. The fraction of sp³-hybridized carbons (Fsp3) is 0.385. The lowest BCUT2D eigenvalue weighted by molar-refractivity contribution is -0.140. The Morgan fingerprint density at radius 3 is 2.65 bits per heavy atom. The molecule has 1 heterocycles. The van der Waals surface area contributed by atoms with Crippen LogP contribution in [0.25, 0.3) is 6.08 Å². The molecule has 7 heteroatoms. The zero-order valence-corrected chi connectivity index (χ0v) is 11.5. The number of carbonyl (C=O) groups excluding carboxylic acids is 2. The number of esters is 1. The van der Waals surface area contributed by atoms with Gasteiger partial charge in [-0.3, -0.25) is 9.59 Å². The summed E-state index contributed by atoms with van der Waals surface area (Å²) >= 11 is 0. The predicted molar refractivity (Wildman–Crippen MR) is 71.9 cm³/mol. The predicted octanol–water partition coefficient (Wildman–Crippen LogP) is 0.568. The van der Waals surface area contributed by atoms with Crippen molar-refractivity contribution in [3.05, 3.63) is 24.0 Å². The lowest BCUT2D eigenvalue weighted by atomic mass is 10.3. The molecule has 0 aliphatic rings. The minimum absolute atomic E-state index is 0.141. The highest BCUT2D eigenvalue weighted by atomic mass is 16.5. The van der Waals surface area contributed by atoms with Gasteiger partial charge in [0.15, 0.2) is 0 Å². The summed E-state index contributed by atoms with van der Waals surface area (Å²) in [5.74, 6) is -0.669. The van der Waals surface area contributed by atoms with Crippen LogP contribution in [0.5, 0.6) is 6.01 Å². The van der Waals surface area contributed by atoms with Crippen LogP contribution in [0.1, 0.15) is 18.9 Å². The monoisotopic (exact) mass is 279 g/mol. The highest BCUT2D eigenvalue weighted by Crippen LogP contribution is 2.03. The molecule has 1 aromatic rings. The van der Waals surface area contributed by atoms with Gasteiger partial charge in [0.25, 0.3) is 0 Å². The molecule has 0 bridgehead atoms. The van der Waals surface area contributed by atoms with Crippen molar-refractivity contribution in [3.63, 3.8) is 0 Å². The van der Waals surface area contributed by atoms with Crippen molar-refractivity contribution in [1.29, 1.82) is 0 Å². The molecule has 20 heavy (non-hydrogen) atoms. The highest BCUT2D eigenvalue weighted by Gasteiger charge is 2.01. The van der Waals surface area contributed by atoms with E-state index in [-0.39, 0.29) is 24.8 Å². The smallest absolute Gasteiger partial charge is 0.316 e. The number of nitrogens with zero attached hydrogens (tertiary/aromatic N) is 2. The number of amides is 1. The van der Waals surface area contributed by atoms with E-state index in [1.165, 1.54) is 13.2 Å². The van der Waals surface area contributed by atoms with Crippen molar-refractivity contribution in [2.45, 2.75) is 13.3 Å². The van der Waals surface area contributed by atoms with Gasteiger partial charge in [-0.05, 0) is 13.0 Å². The summed E-state index contributed by atoms with van der Waals surface area (Å²) in [6, 6.07) is 0.298. The minimum Gasteiger partial charge on any atom is -0.469 e. The Balaban J connectivity index is 2.38. The number of ether oxygens (including phenoxy) is 2. The molecular formula is C13H17N3O4. The van der Waals surface area contributed by atoms with Crippen molar-refractivity contribution < 1.29 is 19.1 Å². The summed E-state index contributed by atoms with van der Waals surface area (Å²) in [6.07, 6.45) is 6.16. The Bertz CT molecular complexity index is 471. The van der Waals surface area contributed by atoms with Crippen molar-refractivity contribution in [3.8, 4) is 6.01 Å². The van der Waals surface area contributed by atoms with E-state index >= 15 is 0 Å². The number of nitrogens with one attached hydrogen (secondary N) is 1. The Hall–Kier alpha value is -2.44. The van der Waals surface area contributed by atoms with Crippen molar-refractivity contribution in [2.24, 2.45) is 0 Å². The molecule has 1 N–H and O–H groups in total. The second-order valence-electron chi connectivity index (χ2n) is 3.68. The average molecular weight is 279 g/mol. The Morgan fingerprint density at radius 1 is 1.35 bits per heavy atom. The maximum absolute atomic E-state index is 11.4. The van der Waals surface area contributed by atoms with E-state index in [1.54, 1.807) is 18.5 Å². The second kappa shape index (κ2) is 8.63. The minimum atomic E-state index is -0.366. The van der Waals surface area contributed by atoms with Gasteiger partial charge in [0, 0.05) is 30.6 Å². The first-order valence-electron chi connectivity index (χ1n) is 6.13. The molecular weight excluding hydrogens is 262 g/mol. The summed E-state index contributed by atoms with van der Waals surface area (Å²) < 4.78 is 9.56. The molecule has 0 saturated heterocycles. The molecule has 0 aliphatic heterocycles. The SMILES string of the molecule is CCOc1ncc(/C=C/C(=O)NCCC(=O)OC)cn1. The van der Waals surface area contributed by atoms with Crippen LogP contribution in [0.15, 0.2) is 18.5 Å². The maximum Gasteiger partial charge on any atom is 0.316 e. The molecule has 108 valence electrons. The molecule has 0 aromatic carbocycles. The molecule has 0 fully saturated rings.